The van der Waals surface area contributed by atoms with E-state index in [0.29, 0.717) is 19.7 Å². The summed E-state index contributed by atoms with van der Waals surface area (Å²) in [5, 5.41) is 9.85. The lowest BCUT2D eigenvalue weighted by atomic mass is 9.94. The smallest absolute Gasteiger partial charge is 0.318 e. The average Bonchev–Trinajstić information content (AvgIpc) is 3.01. The third kappa shape index (κ3) is 3.41. The highest BCUT2D eigenvalue weighted by Crippen LogP contribution is 2.29. The first-order valence-electron chi connectivity index (χ1n) is 7.93. The summed E-state index contributed by atoms with van der Waals surface area (Å²) in [6.07, 6.45) is 0.732. The Labute approximate surface area is 140 Å². The van der Waals surface area contributed by atoms with Gasteiger partial charge in [-0.3, -0.25) is 5.10 Å². The van der Waals surface area contributed by atoms with E-state index in [-0.39, 0.29) is 17.9 Å². The molecule has 24 heavy (non-hydrogen) atoms. The fourth-order valence-electron chi connectivity index (χ4n) is 3.06. The lowest BCUT2D eigenvalue weighted by Gasteiger charge is -2.35. The van der Waals surface area contributed by atoms with Crippen LogP contribution in [0.25, 0.3) is 0 Å². The van der Waals surface area contributed by atoms with Gasteiger partial charge in [0.1, 0.15) is 5.82 Å². The lowest BCUT2D eigenvalue weighted by Crippen LogP contribution is -2.44. The largest absolute Gasteiger partial charge is 0.378 e. The lowest BCUT2D eigenvalue weighted by molar-refractivity contribution is 0.174. The summed E-state index contributed by atoms with van der Waals surface area (Å²) in [6.45, 7) is 3.32. The number of benzene rings is 1. The number of ether oxygens (including phenoxy) is 1. The highest BCUT2D eigenvalue weighted by Gasteiger charge is 2.27. The van der Waals surface area contributed by atoms with Gasteiger partial charge in [0, 0.05) is 13.7 Å². The van der Waals surface area contributed by atoms with Crippen LogP contribution in [0.3, 0.4) is 0 Å². The number of aromatic amines is 1. The molecular weight excluding hydrogens is 311 g/mol. The molecule has 1 atom stereocenters. The Bertz CT molecular complexity index is 731. The van der Waals surface area contributed by atoms with Gasteiger partial charge in [-0.25, -0.2) is 9.18 Å². The summed E-state index contributed by atoms with van der Waals surface area (Å²) in [5.74, 6) is -0.272. The van der Waals surface area contributed by atoms with Crippen molar-refractivity contribution in [2.45, 2.75) is 32.5 Å². The predicted octanol–water partition coefficient (Wildman–Crippen LogP) is 2.52. The minimum Gasteiger partial charge on any atom is -0.378 e. The molecule has 0 aliphatic carbocycles. The minimum absolute atomic E-state index is 0.157. The van der Waals surface area contributed by atoms with Crippen LogP contribution in [0.15, 0.2) is 24.3 Å². The molecule has 2 heterocycles. The van der Waals surface area contributed by atoms with Gasteiger partial charge >= 0.3 is 6.03 Å². The molecular formula is C17H21FN4O2. The van der Waals surface area contributed by atoms with Crippen molar-refractivity contribution in [2.75, 3.05) is 13.7 Å². The van der Waals surface area contributed by atoms with Crippen molar-refractivity contribution in [1.29, 1.82) is 0 Å². The summed E-state index contributed by atoms with van der Waals surface area (Å²) < 4.78 is 18.5. The van der Waals surface area contributed by atoms with Crippen LogP contribution in [0.1, 0.15) is 35.5 Å². The number of fused-ring (bicyclic) bond motifs is 1. The molecule has 0 saturated carbocycles. The van der Waals surface area contributed by atoms with Crippen molar-refractivity contribution in [2.24, 2.45) is 0 Å². The molecule has 1 aliphatic rings. The van der Waals surface area contributed by atoms with E-state index >= 15 is 0 Å². The highest BCUT2D eigenvalue weighted by molar-refractivity contribution is 5.75. The van der Waals surface area contributed by atoms with Gasteiger partial charge in [0.25, 0.3) is 0 Å². The van der Waals surface area contributed by atoms with Crippen LogP contribution in [0.2, 0.25) is 0 Å². The Morgan fingerprint density at radius 3 is 3.12 bits per heavy atom. The number of carbonyl (C=O) groups excluding carboxylic acids is 1. The zero-order chi connectivity index (χ0) is 17.1. The van der Waals surface area contributed by atoms with Gasteiger partial charge < -0.3 is 15.0 Å². The van der Waals surface area contributed by atoms with Gasteiger partial charge in [-0.2, -0.15) is 5.10 Å². The first kappa shape index (κ1) is 16.4. The Balaban J connectivity index is 1.62. The zero-order valence-corrected chi connectivity index (χ0v) is 13.8. The van der Waals surface area contributed by atoms with Crippen molar-refractivity contribution < 1.29 is 13.9 Å². The number of nitrogens with one attached hydrogen (secondary N) is 2. The molecule has 1 aromatic heterocycles. The average molecular weight is 332 g/mol. The standard InChI is InChI=1S/C17H21FN4O2/c1-11-16-7-13(18)4-3-12(16)5-6-22(11)17(23)19-9-14-8-15(10-24-2)21-20-14/h3-4,7-8,11H,5-6,9-10H2,1-2H3,(H,19,23)(H,20,21). The van der Waals surface area contributed by atoms with Crippen LogP contribution in [0, 0.1) is 5.82 Å². The second kappa shape index (κ2) is 7.00. The number of hydrogen-bond acceptors (Lipinski definition) is 3. The number of carbonyl (C=O) groups is 1. The second-order valence-corrected chi connectivity index (χ2v) is 5.94. The normalized spacial score (nSPS) is 16.8. The van der Waals surface area contributed by atoms with E-state index in [1.807, 2.05) is 13.0 Å². The summed E-state index contributed by atoms with van der Waals surface area (Å²) >= 11 is 0. The quantitative estimate of drug-likeness (QED) is 0.904. The highest BCUT2D eigenvalue weighted by atomic mass is 19.1. The van der Waals surface area contributed by atoms with E-state index in [1.165, 1.54) is 12.1 Å². The molecule has 0 saturated heterocycles. The summed E-state index contributed by atoms with van der Waals surface area (Å²) in [4.78, 5) is 14.2. The molecule has 2 N–H and O–H groups in total. The third-order valence-electron chi connectivity index (χ3n) is 4.31. The van der Waals surface area contributed by atoms with E-state index in [1.54, 1.807) is 18.1 Å². The van der Waals surface area contributed by atoms with Crippen LogP contribution >= 0.6 is 0 Å². The van der Waals surface area contributed by atoms with E-state index in [0.717, 1.165) is 28.9 Å². The van der Waals surface area contributed by atoms with E-state index in [4.69, 9.17) is 4.74 Å². The zero-order valence-electron chi connectivity index (χ0n) is 13.8. The molecule has 7 heteroatoms. The summed E-state index contributed by atoms with van der Waals surface area (Å²) in [5.41, 5.74) is 3.58. The molecule has 2 aromatic rings. The minimum atomic E-state index is -0.272. The Hall–Kier alpha value is -2.41. The number of hydrogen-bond donors (Lipinski definition) is 2. The molecule has 1 aliphatic heterocycles. The number of H-pyrrole nitrogens is 1. The first-order chi connectivity index (χ1) is 11.6. The molecule has 2 amide bonds. The number of rotatable bonds is 4. The SMILES string of the molecule is COCc1cc(CNC(=O)N2CCc3ccc(F)cc3C2C)[nH]n1. The Kier molecular flexibility index (Phi) is 4.80. The molecule has 0 fully saturated rings. The van der Waals surface area contributed by atoms with Crippen LogP contribution in [-0.4, -0.2) is 34.8 Å². The van der Waals surface area contributed by atoms with Crippen molar-refractivity contribution in [3.05, 3.63) is 52.6 Å². The summed E-state index contributed by atoms with van der Waals surface area (Å²) in [7, 11) is 1.61. The van der Waals surface area contributed by atoms with E-state index < -0.39 is 0 Å². The van der Waals surface area contributed by atoms with Gasteiger partial charge in [0.05, 0.1) is 30.6 Å². The molecule has 0 radical (unpaired) electrons. The van der Waals surface area contributed by atoms with Crippen LogP contribution in [-0.2, 0) is 24.3 Å². The van der Waals surface area contributed by atoms with Gasteiger partial charge in [-0.1, -0.05) is 6.07 Å². The third-order valence-corrected chi connectivity index (χ3v) is 4.31. The van der Waals surface area contributed by atoms with Gasteiger partial charge in [0.2, 0.25) is 0 Å². The Morgan fingerprint density at radius 2 is 2.33 bits per heavy atom. The molecule has 1 unspecified atom stereocenters. The molecule has 0 bridgehead atoms. The fraction of sp³-hybridized carbons (Fsp3) is 0.412. The fourth-order valence-corrected chi connectivity index (χ4v) is 3.06. The number of halogens is 1. The van der Waals surface area contributed by atoms with E-state index in [9.17, 15) is 9.18 Å². The maximum atomic E-state index is 13.5. The van der Waals surface area contributed by atoms with Crippen LogP contribution < -0.4 is 5.32 Å². The number of methoxy groups -OCH3 is 1. The van der Waals surface area contributed by atoms with Crippen LogP contribution in [0.4, 0.5) is 9.18 Å². The maximum Gasteiger partial charge on any atom is 0.318 e. The molecule has 1 aromatic carbocycles. The van der Waals surface area contributed by atoms with E-state index in [2.05, 4.69) is 15.5 Å². The maximum absolute atomic E-state index is 13.5. The molecule has 128 valence electrons. The van der Waals surface area contributed by atoms with Gasteiger partial charge in [-0.05, 0) is 42.7 Å². The van der Waals surface area contributed by atoms with Crippen LogP contribution in [0.5, 0.6) is 0 Å². The van der Waals surface area contributed by atoms with Crippen molar-refractivity contribution in [3.63, 3.8) is 0 Å². The summed E-state index contributed by atoms with van der Waals surface area (Å²) in [6, 6.07) is 6.32. The first-order valence-corrected chi connectivity index (χ1v) is 7.93. The second-order valence-electron chi connectivity index (χ2n) is 5.94. The molecule has 6 nitrogen and oxygen atoms in total. The van der Waals surface area contributed by atoms with Crippen molar-refractivity contribution >= 4 is 6.03 Å². The number of nitrogens with zero attached hydrogens (tertiary/aromatic N) is 2. The predicted molar refractivity (Wildman–Crippen MR) is 86.8 cm³/mol. The number of amides is 2. The monoisotopic (exact) mass is 332 g/mol. The molecule has 3 rings (SSSR count). The van der Waals surface area contributed by atoms with Crippen molar-refractivity contribution in [3.8, 4) is 0 Å². The Morgan fingerprint density at radius 1 is 1.50 bits per heavy atom. The van der Waals surface area contributed by atoms with Gasteiger partial charge in [0.15, 0.2) is 0 Å². The molecule has 0 spiro atoms. The number of aromatic nitrogens is 2. The number of urea groups is 1. The van der Waals surface area contributed by atoms with Crippen molar-refractivity contribution in [1.82, 2.24) is 20.4 Å². The van der Waals surface area contributed by atoms with Gasteiger partial charge in [-0.15, -0.1) is 0 Å². The topological polar surface area (TPSA) is 70.2 Å².